The van der Waals surface area contributed by atoms with Crippen molar-refractivity contribution in [1.29, 1.82) is 0 Å². The van der Waals surface area contributed by atoms with Crippen molar-refractivity contribution in [2.45, 2.75) is 27.7 Å². The van der Waals surface area contributed by atoms with Gasteiger partial charge < -0.3 is 19.5 Å². The number of rotatable bonds is 4. The van der Waals surface area contributed by atoms with Crippen LogP contribution >= 0.6 is 0 Å². The molecule has 0 aliphatic rings. The third-order valence-corrected chi connectivity index (χ3v) is 3.76. The minimum atomic E-state index is -0.0911. The molecular formula is C16H19BO4. The van der Waals surface area contributed by atoms with Gasteiger partial charge >= 0.3 is 7.69 Å². The number of phenolic OH excluding ortho intramolecular Hbond substituents is 2. The zero-order valence-corrected chi connectivity index (χ0v) is 12.7. The molecule has 0 fully saturated rings. The molecule has 0 unspecified atom stereocenters. The van der Waals surface area contributed by atoms with Crippen LogP contribution in [-0.4, -0.2) is 17.9 Å². The van der Waals surface area contributed by atoms with Crippen LogP contribution in [0.1, 0.15) is 22.3 Å². The zero-order chi connectivity index (χ0) is 15.6. The molecule has 0 spiro atoms. The van der Waals surface area contributed by atoms with Gasteiger partial charge in [0.2, 0.25) is 0 Å². The summed E-state index contributed by atoms with van der Waals surface area (Å²) in [6.07, 6.45) is 0. The van der Waals surface area contributed by atoms with Crippen LogP contribution in [0.4, 0.5) is 0 Å². The Labute approximate surface area is 125 Å². The number of hydrogen-bond donors (Lipinski definition) is 2. The molecule has 0 bridgehead atoms. The third-order valence-electron chi connectivity index (χ3n) is 3.76. The van der Waals surface area contributed by atoms with E-state index in [1.807, 2.05) is 39.8 Å². The molecule has 21 heavy (non-hydrogen) atoms. The average Bonchev–Trinajstić information content (AvgIpc) is 2.47. The Morgan fingerprint density at radius 2 is 1.10 bits per heavy atom. The van der Waals surface area contributed by atoms with Crippen molar-refractivity contribution in [1.82, 2.24) is 0 Å². The van der Waals surface area contributed by atoms with Gasteiger partial charge in [0.1, 0.15) is 11.5 Å². The molecule has 0 aliphatic carbocycles. The highest BCUT2D eigenvalue weighted by Gasteiger charge is 2.11. The highest BCUT2D eigenvalue weighted by atomic mass is 16.6. The Kier molecular flexibility index (Phi) is 4.31. The lowest BCUT2D eigenvalue weighted by Crippen LogP contribution is -2.11. The zero-order valence-electron chi connectivity index (χ0n) is 12.7. The van der Waals surface area contributed by atoms with E-state index >= 15 is 0 Å². The molecular weight excluding hydrogens is 267 g/mol. The molecule has 0 aromatic heterocycles. The molecule has 2 N–H and O–H groups in total. The Hall–Kier alpha value is -2.30. The van der Waals surface area contributed by atoms with Crippen molar-refractivity contribution in [3.8, 4) is 23.0 Å². The van der Waals surface area contributed by atoms with Gasteiger partial charge in [-0.15, -0.1) is 0 Å². The Morgan fingerprint density at radius 3 is 1.48 bits per heavy atom. The summed E-state index contributed by atoms with van der Waals surface area (Å²) in [5.74, 6) is 0.952. The first-order valence-electron chi connectivity index (χ1n) is 6.75. The number of hydrogen-bond acceptors (Lipinski definition) is 4. The Balaban J connectivity index is 2.06. The van der Waals surface area contributed by atoms with Crippen LogP contribution in [0.25, 0.3) is 0 Å². The summed E-state index contributed by atoms with van der Waals surface area (Å²) >= 11 is 0. The van der Waals surface area contributed by atoms with Crippen LogP contribution in [0.5, 0.6) is 23.0 Å². The molecule has 0 heterocycles. The van der Waals surface area contributed by atoms with E-state index in [1.165, 1.54) is 0 Å². The summed E-state index contributed by atoms with van der Waals surface area (Å²) in [4.78, 5) is 0. The molecule has 4 nitrogen and oxygen atoms in total. The van der Waals surface area contributed by atoms with Gasteiger partial charge in [-0.25, -0.2) is 0 Å². The summed E-state index contributed by atoms with van der Waals surface area (Å²) in [5.41, 5.74) is 3.54. The van der Waals surface area contributed by atoms with Gasteiger partial charge in [0, 0.05) is 0 Å². The summed E-state index contributed by atoms with van der Waals surface area (Å²) < 4.78 is 10.8. The van der Waals surface area contributed by atoms with E-state index in [2.05, 4.69) is 0 Å². The minimum absolute atomic E-state index is 0.0911. The molecule has 2 rings (SSSR count). The number of benzene rings is 2. The van der Waals surface area contributed by atoms with Crippen LogP contribution in [0.3, 0.4) is 0 Å². The van der Waals surface area contributed by atoms with Gasteiger partial charge in [-0.2, -0.15) is 0 Å². The van der Waals surface area contributed by atoms with Crippen molar-refractivity contribution in [3.63, 3.8) is 0 Å². The third kappa shape index (κ3) is 3.07. The van der Waals surface area contributed by atoms with Crippen molar-refractivity contribution >= 4 is 7.69 Å². The van der Waals surface area contributed by atoms with Gasteiger partial charge in [-0.05, 0) is 62.1 Å². The van der Waals surface area contributed by atoms with E-state index in [0.717, 1.165) is 22.3 Å². The molecule has 5 heteroatoms. The second-order valence-electron chi connectivity index (χ2n) is 5.11. The average molecular weight is 286 g/mol. The summed E-state index contributed by atoms with van der Waals surface area (Å²) in [6.45, 7) is 7.49. The molecule has 2 aromatic rings. The van der Waals surface area contributed by atoms with E-state index in [0.29, 0.717) is 11.5 Å². The number of aryl methyl sites for hydroxylation is 2. The van der Waals surface area contributed by atoms with Gasteiger partial charge in [0.15, 0.2) is 11.5 Å². The SMILES string of the molecule is Cc1ccc(OBOc2ccc(C)c(C)c2O)c(O)c1C. The maximum Gasteiger partial charge on any atom is 0.576 e. The summed E-state index contributed by atoms with van der Waals surface area (Å²) in [7, 11) is -0.0911. The molecule has 0 saturated heterocycles. The topological polar surface area (TPSA) is 58.9 Å². The smallest absolute Gasteiger partial charge is 0.526 e. The molecule has 2 aromatic carbocycles. The van der Waals surface area contributed by atoms with E-state index in [9.17, 15) is 10.2 Å². The van der Waals surface area contributed by atoms with Crippen LogP contribution in [0.15, 0.2) is 24.3 Å². The first kappa shape index (κ1) is 15.1. The van der Waals surface area contributed by atoms with Crippen LogP contribution in [0, 0.1) is 27.7 Å². The highest BCUT2D eigenvalue weighted by Crippen LogP contribution is 2.33. The molecule has 0 aliphatic heterocycles. The van der Waals surface area contributed by atoms with Crippen molar-refractivity contribution in [2.24, 2.45) is 0 Å². The molecule has 0 atom stereocenters. The van der Waals surface area contributed by atoms with Gasteiger partial charge in [-0.1, -0.05) is 12.1 Å². The summed E-state index contributed by atoms with van der Waals surface area (Å²) in [5, 5.41) is 20.0. The largest absolute Gasteiger partial charge is 0.576 e. The summed E-state index contributed by atoms with van der Waals surface area (Å²) in [6, 6.07) is 7.14. The van der Waals surface area contributed by atoms with E-state index in [-0.39, 0.29) is 19.2 Å². The molecule has 0 radical (unpaired) electrons. The molecule has 110 valence electrons. The second-order valence-corrected chi connectivity index (χ2v) is 5.11. The lowest BCUT2D eigenvalue weighted by molar-refractivity contribution is 0.394. The lowest BCUT2D eigenvalue weighted by Gasteiger charge is -2.13. The monoisotopic (exact) mass is 286 g/mol. The van der Waals surface area contributed by atoms with Gasteiger partial charge in [-0.3, -0.25) is 0 Å². The van der Waals surface area contributed by atoms with Gasteiger partial charge in [0.25, 0.3) is 0 Å². The first-order chi connectivity index (χ1) is 9.91. The lowest BCUT2D eigenvalue weighted by atomic mass is 10.1. The second kappa shape index (κ2) is 6.00. The van der Waals surface area contributed by atoms with E-state index in [4.69, 9.17) is 9.31 Å². The van der Waals surface area contributed by atoms with Crippen molar-refractivity contribution in [3.05, 3.63) is 46.5 Å². The Morgan fingerprint density at radius 1 is 0.714 bits per heavy atom. The molecule has 0 amide bonds. The standard InChI is InChI=1S/C16H19BO4/c1-9-5-7-13(15(18)11(9)3)20-17-21-14-8-6-10(2)12(4)16(14)19/h5-8,17-19H,1-4H3. The minimum Gasteiger partial charge on any atom is -0.526 e. The van der Waals surface area contributed by atoms with Crippen molar-refractivity contribution in [2.75, 3.05) is 0 Å². The van der Waals surface area contributed by atoms with Crippen LogP contribution < -0.4 is 9.31 Å². The van der Waals surface area contributed by atoms with Crippen LogP contribution in [-0.2, 0) is 0 Å². The van der Waals surface area contributed by atoms with E-state index < -0.39 is 0 Å². The maximum atomic E-state index is 9.98. The highest BCUT2D eigenvalue weighted by molar-refractivity contribution is 6.21. The van der Waals surface area contributed by atoms with Gasteiger partial charge in [0.05, 0.1) is 0 Å². The normalized spacial score (nSPS) is 10.3. The fourth-order valence-corrected chi connectivity index (χ4v) is 1.94. The fourth-order valence-electron chi connectivity index (χ4n) is 1.94. The predicted octanol–water partition coefficient (Wildman–Crippen LogP) is 3.06. The van der Waals surface area contributed by atoms with E-state index in [1.54, 1.807) is 12.1 Å². The fraction of sp³-hybridized carbons (Fsp3) is 0.250. The van der Waals surface area contributed by atoms with Crippen molar-refractivity contribution < 1.29 is 19.5 Å². The van der Waals surface area contributed by atoms with Crippen LogP contribution in [0.2, 0.25) is 0 Å². The number of aromatic hydroxyl groups is 2. The molecule has 0 saturated carbocycles. The maximum absolute atomic E-state index is 9.98. The first-order valence-corrected chi connectivity index (χ1v) is 6.75. The Bertz CT molecular complexity index is 610. The quantitative estimate of drug-likeness (QED) is 0.848. The number of phenols is 2. The predicted molar refractivity (Wildman–Crippen MR) is 83.6 cm³/mol.